The van der Waals surface area contributed by atoms with Gasteiger partial charge in [-0.15, -0.1) is 0 Å². The molecule has 4 nitrogen and oxygen atoms in total. The van der Waals surface area contributed by atoms with Gasteiger partial charge in [-0.25, -0.2) is 10.4 Å². The quantitative estimate of drug-likeness (QED) is 0.489. The first-order valence-electron chi connectivity index (χ1n) is 10.9. The lowest BCUT2D eigenvalue weighted by Crippen LogP contribution is -2.53. The van der Waals surface area contributed by atoms with Crippen molar-refractivity contribution in [2.45, 2.75) is 37.4 Å². The number of carbonyl (C=O) groups excluding carboxylic acids is 2. The Morgan fingerprint density at radius 3 is 1.71 bits per heavy atom. The van der Waals surface area contributed by atoms with Crippen molar-refractivity contribution < 1.29 is 9.59 Å². The van der Waals surface area contributed by atoms with Gasteiger partial charge in [0, 0.05) is 11.7 Å². The van der Waals surface area contributed by atoms with E-state index < -0.39 is 7.92 Å². The summed E-state index contributed by atoms with van der Waals surface area (Å²) in [7, 11) is -0.627. The molecule has 2 amide bonds. The normalized spacial score (nSPS) is 20.9. The predicted molar refractivity (Wildman–Crippen MR) is 125 cm³/mol. The third-order valence-corrected chi connectivity index (χ3v) is 9.21. The van der Waals surface area contributed by atoms with Crippen molar-refractivity contribution in [3.8, 4) is 0 Å². The molecule has 2 aliphatic rings. The first kappa shape index (κ1) is 20.1. The van der Waals surface area contributed by atoms with Crippen molar-refractivity contribution in [2.24, 2.45) is 0 Å². The summed E-state index contributed by atoms with van der Waals surface area (Å²) in [4.78, 5) is 25.9. The van der Waals surface area contributed by atoms with Crippen LogP contribution in [0.5, 0.6) is 0 Å². The van der Waals surface area contributed by atoms with Crippen molar-refractivity contribution in [2.75, 3.05) is 0 Å². The fourth-order valence-corrected chi connectivity index (χ4v) is 7.82. The molecular formula is C26H25N2O2P. The number of carbonyl (C=O) groups is 2. The van der Waals surface area contributed by atoms with E-state index in [4.69, 9.17) is 0 Å². The van der Waals surface area contributed by atoms with Crippen LogP contribution < -0.4 is 16.0 Å². The second-order valence-electron chi connectivity index (χ2n) is 8.12. The molecule has 1 aliphatic carbocycles. The van der Waals surface area contributed by atoms with Gasteiger partial charge in [0.15, 0.2) is 0 Å². The summed E-state index contributed by atoms with van der Waals surface area (Å²) in [6.07, 6.45) is 4.31. The number of amides is 2. The van der Waals surface area contributed by atoms with E-state index in [0.29, 0.717) is 16.8 Å². The minimum absolute atomic E-state index is 0.0717. The molecule has 0 unspecified atom stereocenters. The zero-order chi connectivity index (χ0) is 21.2. The second-order valence-corrected chi connectivity index (χ2v) is 10.6. The monoisotopic (exact) mass is 428 g/mol. The molecule has 0 bridgehead atoms. The van der Waals surface area contributed by atoms with E-state index in [0.717, 1.165) is 19.3 Å². The van der Waals surface area contributed by atoms with Gasteiger partial charge in [0.05, 0.1) is 11.1 Å². The van der Waals surface area contributed by atoms with Gasteiger partial charge in [0.1, 0.15) is 0 Å². The third kappa shape index (κ3) is 3.82. The number of hydrogen-bond acceptors (Lipinski definition) is 3. The van der Waals surface area contributed by atoms with Crippen LogP contribution in [0.1, 0.15) is 46.4 Å². The molecule has 0 radical (unpaired) electrons. The van der Waals surface area contributed by atoms with Gasteiger partial charge < -0.3 is 0 Å². The van der Waals surface area contributed by atoms with Crippen molar-refractivity contribution in [3.05, 3.63) is 96.1 Å². The lowest BCUT2D eigenvalue weighted by molar-refractivity contribution is 0.0519. The van der Waals surface area contributed by atoms with Gasteiger partial charge in [-0.3, -0.25) is 9.59 Å². The van der Waals surface area contributed by atoms with Crippen LogP contribution >= 0.6 is 7.92 Å². The molecule has 3 aromatic carbocycles. The second kappa shape index (κ2) is 8.74. The molecule has 0 spiro atoms. The summed E-state index contributed by atoms with van der Waals surface area (Å²) in [6.45, 7) is 0. The number of hydrogen-bond donors (Lipinski definition) is 1. The Balaban J connectivity index is 1.47. The molecule has 5 heteroatoms. The smallest absolute Gasteiger partial charge is 0.267 e. The van der Waals surface area contributed by atoms with Gasteiger partial charge in [0.25, 0.3) is 11.8 Å². The average Bonchev–Trinajstić information content (AvgIpc) is 3.07. The summed E-state index contributed by atoms with van der Waals surface area (Å²) in [5, 5.41) is 3.94. The number of rotatable bonds is 5. The number of benzene rings is 3. The van der Waals surface area contributed by atoms with Crippen molar-refractivity contribution in [3.63, 3.8) is 0 Å². The van der Waals surface area contributed by atoms with E-state index in [1.54, 1.807) is 24.3 Å². The predicted octanol–water partition coefficient (Wildman–Crippen LogP) is 4.23. The van der Waals surface area contributed by atoms with E-state index in [1.165, 1.54) is 22.0 Å². The largest absolute Gasteiger partial charge is 0.276 e. The molecule has 1 heterocycles. The summed E-state index contributed by atoms with van der Waals surface area (Å²) in [5.74, 6) is -0.484. The highest BCUT2D eigenvalue weighted by Crippen LogP contribution is 2.46. The molecule has 3 aromatic rings. The first-order valence-corrected chi connectivity index (χ1v) is 12.3. The highest BCUT2D eigenvalue weighted by molar-refractivity contribution is 7.73. The average molecular weight is 428 g/mol. The molecule has 156 valence electrons. The zero-order valence-electron chi connectivity index (χ0n) is 17.3. The number of nitrogens with one attached hydrogen (secondary N) is 1. The molecule has 2 atom stereocenters. The minimum Gasteiger partial charge on any atom is -0.267 e. The Hall–Kier alpha value is -2.81. The Kier molecular flexibility index (Phi) is 5.67. The van der Waals surface area contributed by atoms with Gasteiger partial charge in [-0.2, -0.15) is 0 Å². The highest BCUT2D eigenvalue weighted by Gasteiger charge is 2.40. The van der Waals surface area contributed by atoms with Crippen LogP contribution in [0.4, 0.5) is 0 Å². The lowest BCUT2D eigenvalue weighted by Gasteiger charge is -2.39. The Morgan fingerprint density at radius 1 is 0.677 bits per heavy atom. The molecule has 1 aliphatic heterocycles. The molecule has 1 fully saturated rings. The van der Waals surface area contributed by atoms with Gasteiger partial charge in [-0.05, 0) is 43.5 Å². The molecule has 1 saturated carbocycles. The van der Waals surface area contributed by atoms with Crippen LogP contribution in [0.15, 0.2) is 84.9 Å². The van der Waals surface area contributed by atoms with Crippen LogP contribution in [0.2, 0.25) is 0 Å². The topological polar surface area (TPSA) is 49.4 Å². The van der Waals surface area contributed by atoms with Crippen molar-refractivity contribution in [1.82, 2.24) is 10.4 Å². The van der Waals surface area contributed by atoms with E-state index in [-0.39, 0.29) is 17.9 Å². The summed E-state index contributed by atoms with van der Waals surface area (Å²) in [6, 6.07) is 28.5. The van der Waals surface area contributed by atoms with Crippen LogP contribution in [-0.4, -0.2) is 28.5 Å². The molecule has 31 heavy (non-hydrogen) atoms. The first-order chi connectivity index (χ1) is 15.2. The maximum Gasteiger partial charge on any atom is 0.276 e. The maximum atomic E-state index is 12.9. The molecule has 1 N–H and O–H groups in total. The Morgan fingerprint density at radius 2 is 1.16 bits per heavy atom. The summed E-state index contributed by atoms with van der Waals surface area (Å²) in [5.41, 5.74) is 4.70. The highest BCUT2D eigenvalue weighted by atomic mass is 31.1. The number of imide groups is 1. The van der Waals surface area contributed by atoms with E-state index >= 15 is 0 Å². The number of nitrogens with zero attached hydrogens (tertiary/aromatic N) is 1. The molecule has 0 saturated heterocycles. The van der Waals surface area contributed by atoms with Crippen LogP contribution in [-0.2, 0) is 0 Å². The fraction of sp³-hybridized carbons (Fsp3) is 0.231. The van der Waals surface area contributed by atoms with Gasteiger partial charge in [-0.1, -0.05) is 85.6 Å². The van der Waals surface area contributed by atoms with Crippen LogP contribution in [0.25, 0.3) is 0 Å². The Bertz CT molecular complexity index is 1010. The zero-order valence-corrected chi connectivity index (χ0v) is 18.2. The Labute approximate surface area is 184 Å². The minimum atomic E-state index is -0.627. The third-order valence-electron chi connectivity index (χ3n) is 6.22. The fourth-order valence-electron chi connectivity index (χ4n) is 4.75. The molecule has 0 aromatic heterocycles. The standard InChI is InChI=1S/C26H25N2O2P/c29-25-21-15-7-8-16-22(21)26(30)28(25)27-23-17-9-10-18-24(23)31(19-11-3-1-4-12-19)20-13-5-2-6-14-20/h1-8,11-16,23-24,27H,9-10,17-18H2/t23-,24-/m1/s1. The molecular weight excluding hydrogens is 403 g/mol. The molecule has 5 rings (SSSR count). The summed E-state index contributed by atoms with van der Waals surface area (Å²) < 4.78 is 0. The van der Waals surface area contributed by atoms with E-state index in [9.17, 15) is 9.59 Å². The van der Waals surface area contributed by atoms with E-state index in [2.05, 4.69) is 66.1 Å². The lowest BCUT2D eigenvalue weighted by atomic mass is 9.95. The maximum absolute atomic E-state index is 12.9. The van der Waals surface area contributed by atoms with E-state index in [1.807, 2.05) is 0 Å². The van der Waals surface area contributed by atoms with Crippen molar-refractivity contribution >= 4 is 30.3 Å². The number of hydrazine groups is 1. The van der Waals surface area contributed by atoms with Gasteiger partial charge in [0.2, 0.25) is 0 Å². The van der Waals surface area contributed by atoms with Crippen LogP contribution in [0.3, 0.4) is 0 Å². The van der Waals surface area contributed by atoms with Gasteiger partial charge >= 0.3 is 0 Å². The van der Waals surface area contributed by atoms with Crippen molar-refractivity contribution in [1.29, 1.82) is 0 Å². The summed E-state index contributed by atoms with van der Waals surface area (Å²) >= 11 is 0. The number of fused-ring (bicyclic) bond motifs is 1. The SMILES string of the molecule is O=C1c2ccccc2C(=O)N1N[C@@H]1CCCC[C@H]1P(c1ccccc1)c1ccccc1. The van der Waals surface area contributed by atoms with Crippen LogP contribution in [0, 0.1) is 0 Å².